The van der Waals surface area contributed by atoms with Gasteiger partial charge in [0.1, 0.15) is 0 Å². The standard InChI is InChI=1S/C11H8F4O3.C9H9F3/c12-7-1-5(2-8(13)9(7)14)11-17-3-6(4-18-11)10(15)16;1-2-3-6-4-5-7(10)9(12)8(6)11/h1-2,6,11H,3-4H2;4-5H,2-3H2,1H3. The first-order valence-electron chi connectivity index (χ1n) is 8.85. The molecular formula is C20H17F7O3. The minimum atomic E-state index is -1.59. The van der Waals surface area contributed by atoms with Gasteiger partial charge in [0.15, 0.2) is 41.2 Å². The van der Waals surface area contributed by atoms with Gasteiger partial charge in [-0.3, -0.25) is 4.79 Å². The summed E-state index contributed by atoms with van der Waals surface area (Å²) in [6.07, 6.45) is -0.00409. The van der Waals surface area contributed by atoms with Crippen LogP contribution in [0.1, 0.15) is 30.8 Å². The number of hydrogen-bond donors (Lipinski definition) is 0. The van der Waals surface area contributed by atoms with E-state index in [9.17, 15) is 35.5 Å². The fraction of sp³-hybridized carbons (Fsp3) is 0.350. The highest BCUT2D eigenvalue weighted by molar-refractivity contribution is 5.71. The number of halogens is 7. The molecule has 0 aromatic heterocycles. The van der Waals surface area contributed by atoms with Gasteiger partial charge in [-0.15, -0.1) is 0 Å². The van der Waals surface area contributed by atoms with Crippen molar-refractivity contribution in [3.8, 4) is 0 Å². The topological polar surface area (TPSA) is 35.5 Å². The first kappa shape index (κ1) is 23.8. The average Bonchev–Trinajstić information content (AvgIpc) is 2.72. The van der Waals surface area contributed by atoms with E-state index < -0.39 is 53.1 Å². The zero-order chi connectivity index (χ0) is 22.4. The van der Waals surface area contributed by atoms with Crippen LogP contribution in [-0.4, -0.2) is 19.3 Å². The lowest BCUT2D eigenvalue weighted by Crippen LogP contribution is -2.31. The molecule has 1 aliphatic rings. The molecule has 2 aromatic carbocycles. The number of carbonyl (C=O) groups is 1. The van der Waals surface area contributed by atoms with Crippen molar-refractivity contribution < 1.29 is 45.0 Å². The normalized spacial score (nSPS) is 18.5. The Bertz CT molecular complexity index is 873. The summed E-state index contributed by atoms with van der Waals surface area (Å²) in [6, 6.07) is 2.09. The third kappa shape index (κ3) is 5.79. The van der Waals surface area contributed by atoms with Gasteiger partial charge in [-0.1, -0.05) is 19.4 Å². The highest BCUT2D eigenvalue weighted by atomic mass is 19.2. The fourth-order valence-corrected chi connectivity index (χ4v) is 2.57. The molecule has 0 aliphatic carbocycles. The van der Waals surface area contributed by atoms with Gasteiger partial charge < -0.3 is 9.47 Å². The Balaban J connectivity index is 0.000000232. The zero-order valence-electron chi connectivity index (χ0n) is 15.7. The lowest BCUT2D eigenvalue weighted by atomic mass is 10.1. The van der Waals surface area contributed by atoms with Crippen molar-refractivity contribution in [2.24, 2.45) is 5.92 Å². The second-order valence-corrected chi connectivity index (χ2v) is 6.38. The van der Waals surface area contributed by atoms with Gasteiger partial charge in [0.25, 0.3) is 0 Å². The first-order valence-corrected chi connectivity index (χ1v) is 8.85. The van der Waals surface area contributed by atoms with Crippen LogP contribution in [0.2, 0.25) is 0 Å². The van der Waals surface area contributed by atoms with Crippen LogP contribution in [0.15, 0.2) is 24.3 Å². The molecule has 0 saturated carbocycles. The molecule has 10 heteroatoms. The molecule has 3 nitrogen and oxygen atoms in total. The number of rotatable bonds is 4. The largest absolute Gasteiger partial charge is 0.347 e. The summed E-state index contributed by atoms with van der Waals surface area (Å²) in [7, 11) is 0. The quantitative estimate of drug-likeness (QED) is 0.368. The van der Waals surface area contributed by atoms with E-state index in [1.807, 2.05) is 6.92 Å². The monoisotopic (exact) mass is 438 g/mol. The van der Waals surface area contributed by atoms with Gasteiger partial charge in [-0.05, 0) is 30.2 Å². The third-order valence-corrected chi connectivity index (χ3v) is 4.13. The number of aryl methyl sites for hydroxylation is 1. The molecule has 1 saturated heterocycles. The second kappa shape index (κ2) is 10.5. The third-order valence-electron chi connectivity index (χ3n) is 4.13. The van der Waals surface area contributed by atoms with Crippen LogP contribution in [0.25, 0.3) is 0 Å². The van der Waals surface area contributed by atoms with Crippen molar-refractivity contribution in [2.75, 3.05) is 13.2 Å². The van der Waals surface area contributed by atoms with Gasteiger partial charge in [-0.25, -0.2) is 26.3 Å². The Morgan fingerprint density at radius 3 is 1.97 bits per heavy atom. The molecule has 30 heavy (non-hydrogen) atoms. The molecule has 1 fully saturated rings. The smallest absolute Gasteiger partial charge is 0.309 e. The van der Waals surface area contributed by atoms with Gasteiger partial charge in [-0.2, -0.15) is 4.39 Å². The number of hydrogen-bond acceptors (Lipinski definition) is 3. The predicted octanol–water partition coefficient (Wildman–Crippen LogP) is 5.32. The first-order chi connectivity index (χ1) is 14.1. The van der Waals surface area contributed by atoms with E-state index >= 15 is 0 Å². The van der Waals surface area contributed by atoms with Crippen LogP contribution in [0, 0.1) is 40.8 Å². The summed E-state index contributed by atoms with van der Waals surface area (Å²) in [5, 5.41) is 0. The van der Waals surface area contributed by atoms with Crippen molar-refractivity contribution in [1.29, 1.82) is 0 Å². The molecule has 0 amide bonds. The summed E-state index contributed by atoms with van der Waals surface area (Å²) in [6.45, 7) is 1.32. The number of carbonyl (C=O) groups excluding carboxylic acids is 1. The molecular weight excluding hydrogens is 421 g/mol. The Hall–Kier alpha value is -2.46. The fourth-order valence-electron chi connectivity index (χ4n) is 2.57. The van der Waals surface area contributed by atoms with Crippen molar-refractivity contribution in [3.05, 3.63) is 70.3 Å². The zero-order valence-corrected chi connectivity index (χ0v) is 15.7. The number of benzene rings is 2. The molecule has 0 spiro atoms. The Labute approximate surface area is 167 Å². The lowest BCUT2D eigenvalue weighted by Gasteiger charge is -2.27. The highest BCUT2D eigenvalue weighted by Gasteiger charge is 2.29. The minimum Gasteiger partial charge on any atom is -0.347 e. The van der Waals surface area contributed by atoms with Crippen LogP contribution < -0.4 is 0 Å². The maximum Gasteiger partial charge on any atom is 0.309 e. The van der Waals surface area contributed by atoms with Crippen LogP contribution in [-0.2, 0) is 20.7 Å². The van der Waals surface area contributed by atoms with Crippen LogP contribution >= 0.6 is 0 Å². The highest BCUT2D eigenvalue weighted by Crippen LogP contribution is 2.27. The molecule has 0 bridgehead atoms. The van der Waals surface area contributed by atoms with E-state index in [1.54, 1.807) is 0 Å². The van der Waals surface area contributed by atoms with E-state index in [2.05, 4.69) is 0 Å². The molecule has 1 heterocycles. The molecule has 0 unspecified atom stereocenters. The average molecular weight is 438 g/mol. The Kier molecular flexibility index (Phi) is 8.36. The molecule has 1 aliphatic heterocycles. The molecule has 0 N–H and O–H groups in total. The summed E-state index contributed by atoms with van der Waals surface area (Å²) >= 11 is 0. The molecule has 164 valence electrons. The van der Waals surface area contributed by atoms with Crippen molar-refractivity contribution in [3.63, 3.8) is 0 Å². The van der Waals surface area contributed by atoms with Crippen LogP contribution in [0.3, 0.4) is 0 Å². The number of ether oxygens (including phenoxy) is 2. The molecule has 0 atom stereocenters. The predicted molar refractivity (Wildman–Crippen MR) is 90.9 cm³/mol. The Morgan fingerprint density at radius 1 is 0.900 bits per heavy atom. The molecule has 2 aromatic rings. The van der Waals surface area contributed by atoms with Crippen molar-refractivity contribution in [2.45, 2.75) is 26.1 Å². The minimum absolute atomic E-state index is 0.0730. The van der Waals surface area contributed by atoms with E-state index in [4.69, 9.17) is 9.47 Å². The van der Waals surface area contributed by atoms with Crippen molar-refractivity contribution in [1.82, 2.24) is 0 Å². The van der Waals surface area contributed by atoms with E-state index in [0.717, 1.165) is 18.2 Å². The Morgan fingerprint density at radius 2 is 1.47 bits per heavy atom. The van der Waals surface area contributed by atoms with Gasteiger partial charge >= 0.3 is 6.04 Å². The summed E-state index contributed by atoms with van der Waals surface area (Å²) in [5.41, 5.74) is 0.160. The van der Waals surface area contributed by atoms with Gasteiger partial charge in [0.2, 0.25) is 0 Å². The maximum absolute atomic E-state index is 13.0. The van der Waals surface area contributed by atoms with Crippen LogP contribution in [0.4, 0.5) is 30.7 Å². The van der Waals surface area contributed by atoms with Gasteiger partial charge in [0.05, 0.1) is 19.1 Å². The lowest BCUT2D eigenvalue weighted by molar-refractivity contribution is -0.208. The maximum atomic E-state index is 13.0. The van der Waals surface area contributed by atoms with Gasteiger partial charge in [0, 0.05) is 5.56 Å². The molecule has 3 rings (SSSR count). The van der Waals surface area contributed by atoms with Crippen LogP contribution in [0.5, 0.6) is 0 Å². The summed E-state index contributed by atoms with van der Waals surface area (Å²) in [4.78, 5) is 10.4. The SMILES string of the molecule is CCCc1ccc(F)c(F)c1F.O=C(F)C1COC(c2cc(F)c(F)c(F)c2)OC1. The van der Waals surface area contributed by atoms with Crippen molar-refractivity contribution >= 4 is 6.04 Å². The summed E-state index contributed by atoms with van der Waals surface area (Å²) < 4.78 is 98.7. The van der Waals surface area contributed by atoms with E-state index in [0.29, 0.717) is 12.8 Å². The van der Waals surface area contributed by atoms with E-state index in [1.165, 1.54) is 6.07 Å². The molecule has 0 radical (unpaired) electrons. The second-order valence-electron chi connectivity index (χ2n) is 6.38. The van der Waals surface area contributed by atoms with E-state index in [-0.39, 0.29) is 24.3 Å². The summed E-state index contributed by atoms with van der Waals surface area (Å²) in [5.74, 6) is -8.95.